The Morgan fingerprint density at radius 2 is 1.70 bits per heavy atom. The molecule has 1 aliphatic rings. The van der Waals surface area contributed by atoms with Gasteiger partial charge in [0.1, 0.15) is 18.0 Å². The predicted molar refractivity (Wildman–Crippen MR) is 85.1 cm³/mol. The molecule has 0 unspecified atom stereocenters. The van der Waals surface area contributed by atoms with Gasteiger partial charge >= 0.3 is 0 Å². The first-order valence-corrected chi connectivity index (χ1v) is 7.40. The molecular weight excluding hydrogens is 296 g/mol. The molecule has 0 saturated heterocycles. The lowest BCUT2D eigenvalue weighted by atomic mass is 9.91. The van der Waals surface area contributed by atoms with Crippen molar-refractivity contribution in [2.24, 2.45) is 0 Å². The third-order valence-corrected chi connectivity index (χ3v) is 4.11. The number of aryl methyl sites for hydroxylation is 1. The van der Waals surface area contributed by atoms with Crippen molar-refractivity contribution in [3.05, 3.63) is 53.1 Å². The Morgan fingerprint density at radius 1 is 0.957 bits per heavy atom. The van der Waals surface area contributed by atoms with Crippen LogP contribution in [0.2, 0.25) is 0 Å². The van der Waals surface area contributed by atoms with E-state index in [1.165, 1.54) is 0 Å². The normalized spacial score (nSPS) is 22.9. The monoisotopic (exact) mass is 316 g/mol. The van der Waals surface area contributed by atoms with Crippen LogP contribution in [-0.4, -0.2) is 30.5 Å². The highest BCUT2D eigenvalue weighted by Crippen LogP contribution is 2.42. The Bertz CT molecular complexity index is 713. The number of benzene rings is 2. The molecule has 0 radical (unpaired) electrons. The van der Waals surface area contributed by atoms with E-state index in [-0.39, 0.29) is 0 Å². The second-order valence-corrected chi connectivity index (χ2v) is 5.63. The largest absolute Gasteiger partial charge is 0.493 e. The molecule has 0 amide bonds. The minimum Gasteiger partial charge on any atom is -0.493 e. The molecule has 0 fully saturated rings. The fourth-order valence-electron chi connectivity index (χ4n) is 2.86. The molecule has 2 aromatic carbocycles. The van der Waals surface area contributed by atoms with Gasteiger partial charge in [0.25, 0.3) is 0 Å². The minimum absolute atomic E-state index is 0.546. The zero-order chi connectivity index (χ0) is 16.6. The van der Waals surface area contributed by atoms with Gasteiger partial charge in [-0.25, -0.2) is 0 Å². The molecule has 122 valence electrons. The van der Waals surface area contributed by atoms with E-state index in [1.54, 1.807) is 32.4 Å². The Morgan fingerprint density at radius 3 is 2.39 bits per heavy atom. The van der Waals surface area contributed by atoms with Gasteiger partial charge in [0, 0.05) is 5.56 Å². The van der Waals surface area contributed by atoms with Crippen LogP contribution < -0.4 is 14.2 Å². The topological polar surface area (TPSA) is 68.2 Å². The highest BCUT2D eigenvalue weighted by Gasteiger charge is 2.37. The van der Waals surface area contributed by atoms with Crippen LogP contribution in [0.3, 0.4) is 0 Å². The maximum Gasteiger partial charge on any atom is 0.161 e. The Labute approximate surface area is 135 Å². The van der Waals surface area contributed by atoms with Crippen molar-refractivity contribution in [3.8, 4) is 17.2 Å². The molecule has 2 N–H and O–H groups in total. The van der Waals surface area contributed by atoms with Crippen molar-refractivity contribution in [3.63, 3.8) is 0 Å². The standard InChI is InChI=1S/C18H20O5/c1-10-4-6-13-12(8-10)16(19)17(20)18(23-13)11-5-7-14(21-2)15(9-11)22-3/h4-9,16-20H,1-3H3/t16-,17-,18-/m0/s1. The first kappa shape index (κ1) is 15.6. The molecule has 1 aliphatic heterocycles. The Kier molecular flexibility index (Phi) is 4.15. The number of fused-ring (bicyclic) bond motifs is 1. The summed E-state index contributed by atoms with van der Waals surface area (Å²) in [6, 6.07) is 10.8. The molecule has 5 heteroatoms. The fourth-order valence-corrected chi connectivity index (χ4v) is 2.86. The average Bonchev–Trinajstić information content (AvgIpc) is 2.58. The molecule has 0 bridgehead atoms. The van der Waals surface area contributed by atoms with Gasteiger partial charge < -0.3 is 24.4 Å². The molecule has 0 saturated carbocycles. The SMILES string of the molecule is COc1ccc([C@@H]2Oc3ccc(C)cc3[C@H](O)[C@@H]2O)cc1OC. The number of methoxy groups -OCH3 is 2. The number of rotatable bonds is 3. The average molecular weight is 316 g/mol. The van der Waals surface area contributed by atoms with Gasteiger partial charge in [0.15, 0.2) is 17.6 Å². The molecule has 3 rings (SSSR count). The summed E-state index contributed by atoms with van der Waals surface area (Å²) in [5.41, 5.74) is 2.32. The third-order valence-electron chi connectivity index (χ3n) is 4.11. The van der Waals surface area contributed by atoms with Gasteiger partial charge in [0.05, 0.1) is 14.2 Å². The molecular formula is C18H20O5. The highest BCUT2D eigenvalue weighted by molar-refractivity contribution is 5.46. The van der Waals surface area contributed by atoms with Crippen molar-refractivity contribution in [2.45, 2.75) is 25.2 Å². The second-order valence-electron chi connectivity index (χ2n) is 5.63. The summed E-state index contributed by atoms with van der Waals surface area (Å²) >= 11 is 0. The quantitative estimate of drug-likeness (QED) is 0.911. The molecule has 1 heterocycles. The van der Waals surface area contributed by atoms with Gasteiger partial charge in [-0.05, 0) is 36.8 Å². The maximum absolute atomic E-state index is 10.5. The van der Waals surface area contributed by atoms with Gasteiger partial charge in [-0.15, -0.1) is 0 Å². The zero-order valence-electron chi connectivity index (χ0n) is 13.3. The van der Waals surface area contributed by atoms with Crippen molar-refractivity contribution in [1.29, 1.82) is 0 Å². The van der Waals surface area contributed by atoms with Crippen LogP contribution in [0, 0.1) is 6.92 Å². The van der Waals surface area contributed by atoms with E-state index < -0.39 is 18.3 Å². The lowest BCUT2D eigenvalue weighted by molar-refractivity contribution is -0.0700. The van der Waals surface area contributed by atoms with Crippen LogP contribution >= 0.6 is 0 Å². The molecule has 2 aromatic rings. The van der Waals surface area contributed by atoms with E-state index in [2.05, 4.69) is 0 Å². The highest BCUT2D eigenvalue weighted by atomic mass is 16.5. The molecule has 0 aromatic heterocycles. The van der Waals surface area contributed by atoms with Crippen LogP contribution in [0.25, 0.3) is 0 Å². The predicted octanol–water partition coefficient (Wildman–Crippen LogP) is 2.54. The van der Waals surface area contributed by atoms with Crippen LogP contribution in [0.15, 0.2) is 36.4 Å². The van der Waals surface area contributed by atoms with E-state index in [1.807, 2.05) is 25.1 Å². The summed E-state index contributed by atoms with van der Waals surface area (Å²) in [7, 11) is 3.11. The van der Waals surface area contributed by atoms with Crippen molar-refractivity contribution < 1.29 is 24.4 Å². The van der Waals surface area contributed by atoms with E-state index in [9.17, 15) is 10.2 Å². The summed E-state index contributed by atoms with van der Waals surface area (Å²) in [5, 5.41) is 20.9. The summed E-state index contributed by atoms with van der Waals surface area (Å²) in [6.45, 7) is 1.93. The van der Waals surface area contributed by atoms with Crippen molar-refractivity contribution in [1.82, 2.24) is 0 Å². The van der Waals surface area contributed by atoms with Crippen LogP contribution in [0.1, 0.15) is 28.9 Å². The Balaban J connectivity index is 1.99. The van der Waals surface area contributed by atoms with E-state index in [0.29, 0.717) is 28.4 Å². The van der Waals surface area contributed by atoms with Crippen LogP contribution in [0.5, 0.6) is 17.2 Å². The maximum atomic E-state index is 10.5. The van der Waals surface area contributed by atoms with Crippen LogP contribution in [-0.2, 0) is 0 Å². The number of hydrogen-bond acceptors (Lipinski definition) is 5. The number of ether oxygens (including phenoxy) is 3. The number of aliphatic hydroxyl groups is 2. The van der Waals surface area contributed by atoms with Gasteiger partial charge in [0.2, 0.25) is 0 Å². The molecule has 0 spiro atoms. The summed E-state index contributed by atoms with van der Waals surface area (Å²) < 4.78 is 16.4. The van der Waals surface area contributed by atoms with Gasteiger partial charge in [-0.3, -0.25) is 0 Å². The van der Waals surface area contributed by atoms with E-state index in [4.69, 9.17) is 14.2 Å². The van der Waals surface area contributed by atoms with Crippen molar-refractivity contribution in [2.75, 3.05) is 14.2 Å². The molecule has 0 aliphatic carbocycles. The third kappa shape index (κ3) is 2.73. The Hall–Kier alpha value is -2.24. The zero-order valence-corrected chi connectivity index (χ0v) is 13.3. The fraction of sp³-hybridized carbons (Fsp3) is 0.333. The van der Waals surface area contributed by atoms with Crippen molar-refractivity contribution >= 4 is 0 Å². The molecule has 23 heavy (non-hydrogen) atoms. The van der Waals surface area contributed by atoms with Crippen LogP contribution in [0.4, 0.5) is 0 Å². The summed E-state index contributed by atoms with van der Waals surface area (Å²) in [5.74, 6) is 1.72. The smallest absolute Gasteiger partial charge is 0.161 e. The number of aliphatic hydroxyl groups excluding tert-OH is 2. The van der Waals surface area contributed by atoms with Gasteiger partial charge in [-0.1, -0.05) is 17.7 Å². The second kappa shape index (κ2) is 6.10. The lowest BCUT2D eigenvalue weighted by Crippen LogP contribution is -2.34. The lowest BCUT2D eigenvalue weighted by Gasteiger charge is -2.34. The first-order valence-electron chi connectivity index (χ1n) is 7.40. The minimum atomic E-state index is -1.07. The summed E-state index contributed by atoms with van der Waals surface area (Å²) in [4.78, 5) is 0. The number of hydrogen-bond donors (Lipinski definition) is 2. The van der Waals surface area contributed by atoms with Gasteiger partial charge in [-0.2, -0.15) is 0 Å². The first-order chi connectivity index (χ1) is 11.0. The summed E-state index contributed by atoms with van der Waals surface area (Å²) in [6.07, 6.45) is -2.75. The molecule has 3 atom stereocenters. The van der Waals surface area contributed by atoms with E-state index >= 15 is 0 Å². The van der Waals surface area contributed by atoms with E-state index in [0.717, 1.165) is 5.56 Å². The molecule has 5 nitrogen and oxygen atoms in total.